The molecule has 1 unspecified atom stereocenters. The van der Waals surface area contributed by atoms with Gasteiger partial charge in [-0.05, 0) is 47.7 Å². The topological polar surface area (TPSA) is 66.5 Å². The van der Waals surface area contributed by atoms with E-state index < -0.39 is 9.84 Å². The zero-order valence-corrected chi connectivity index (χ0v) is 18.4. The highest BCUT2D eigenvalue weighted by Crippen LogP contribution is 2.23. The molecule has 7 heteroatoms. The minimum absolute atomic E-state index is 0. The maximum atomic E-state index is 13.1. The van der Waals surface area contributed by atoms with Crippen LogP contribution in [0.1, 0.15) is 28.7 Å². The standard InChI is InChI=1S/C23H26N2O3S.ClH/c26-23(10-9-19-7-4-8-20-15-24-13-11-22(19)20)25(16-18-5-2-1-3-6-18)21-12-14-29(27,28)17-21;/h1-10,21,24H,11-17H2;1H/b10-9+;. The lowest BCUT2D eigenvalue weighted by molar-refractivity contribution is -0.128. The summed E-state index contributed by atoms with van der Waals surface area (Å²) in [6.07, 6.45) is 4.93. The Labute approximate surface area is 184 Å². The van der Waals surface area contributed by atoms with Crippen molar-refractivity contribution in [3.05, 3.63) is 76.9 Å². The molecule has 1 N–H and O–H groups in total. The fourth-order valence-electron chi connectivity index (χ4n) is 4.16. The van der Waals surface area contributed by atoms with Crippen LogP contribution >= 0.6 is 12.4 Å². The predicted octanol–water partition coefficient (Wildman–Crippen LogP) is 2.98. The Morgan fingerprint density at radius 1 is 1.13 bits per heavy atom. The second-order valence-electron chi connectivity index (χ2n) is 7.75. The van der Waals surface area contributed by atoms with E-state index in [-0.39, 0.29) is 35.9 Å². The molecule has 0 radical (unpaired) electrons. The van der Waals surface area contributed by atoms with E-state index in [1.54, 1.807) is 11.0 Å². The van der Waals surface area contributed by atoms with E-state index in [0.717, 1.165) is 30.6 Å². The van der Waals surface area contributed by atoms with Crippen molar-refractivity contribution in [3.63, 3.8) is 0 Å². The molecule has 0 bridgehead atoms. The zero-order valence-electron chi connectivity index (χ0n) is 16.8. The highest BCUT2D eigenvalue weighted by molar-refractivity contribution is 7.91. The number of sulfone groups is 1. The first-order valence-corrected chi connectivity index (χ1v) is 11.9. The largest absolute Gasteiger partial charge is 0.331 e. The average Bonchev–Trinajstić information content (AvgIpc) is 3.10. The molecule has 1 fully saturated rings. The maximum Gasteiger partial charge on any atom is 0.247 e. The van der Waals surface area contributed by atoms with Gasteiger partial charge in [-0.3, -0.25) is 4.79 Å². The van der Waals surface area contributed by atoms with Crippen LogP contribution in [0.2, 0.25) is 0 Å². The number of amides is 1. The van der Waals surface area contributed by atoms with Crippen molar-refractivity contribution in [2.45, 2.75) is 32.0 Å². The van der Waals surface area contributed by atoms with Gasteiger partial charge in [0.05, 0.1) is 11.5 Å². The molecule has 2 heterocycles. The third-order valence-electron chi connectivity index (χ3n) is 5.71. The minimum Gasteiger partial charge on any atom is -0.331 e. The minimum atomic E-state index is -3.07. The number of hydrogen-bond donors (Lipinski definition) is 1. The van der Waals surface area contributed by atoms with Crippen LogP contribution in [0.25, 0.3) is 6.08 Å². The van der Waals surface area contributed by atoms with Crippen LogP contribution in [0.3, 0.4) is 0 Å². The number of nitrogens with one attached hydrogen (secondary N) is 1. The second-order valence-corrected chi connectivity index (χ2v) is 9.98. The Hall–Kier alpha value is -2.15. The van der Waals surface area contributed by atoms with Crippen molar-refractivity contribution >= 4 is 34.2 Å². The number of halogens is 1. The van der Waals surface area contributed by atoms with Gasteiger partial charge in [0, 0.05) is 25.2 Å². The molecule has 1 amide bonds. The van der Waals surface area contributed by atoms with Gasteiger partial charge in [0.15, 0.2) is 9.84 Å². The van der Waals surface area contributed by atoms with E-state index in [2.05, 4.69) is 11.4 Å². The third-order valence-corrected chi connectivity index (χ3v) is 7.46. The highest BCUT2D eigenvalue weighted by Gasteiger charge is 2.34. The Kier molecular flexibility index (Phi) is 7.34. The number of hydrogen-bond acceptors (Lipinski definition) is 4. The van der Waals surface area contributed by atoms with E-state index in [4.69, 9.17) is 0 Å². The fourth-order valence-corrected chi connectivity index (χ4v) is 5.89. The molecule has 30 heavy (non-hydrogen) atoms. The maximum absolute atomic E-state index is 13.1. The lowest BCUT2D eigenvalue weighted by atomic mass is 9.95. The molecule has 1 atom stereocenters. The van der Waals surface area contributed by atoms with Gasteiger partial charge >= 0.3 is 0 Å². The summed E-state index contributed by atoms with van der Waals surface area (Å²) in [5.41, 5.74) is 4.62. The van der Waals surface area contributed by atoms with Crippen LogP contribution in [0.5, 0.6) is 0 Å². The van der Waals surface area contributed by atoms with Crippen molar-refractivity contribution in [1.82, 2.24) is 10.2 Å². The molecule has 1 saturated heterocycles. The van der Waals surface area contributed by atoms with Gasteiger partial charge in [0.2, 0.25) is 5.91 Å². The number of carbonyl (C=O) groups is 1. The Balaban J connectivity index is 0.00000256. The highest BCUT2D eigenvalue weighted by atomic mass is 35.5. The number of benzene rings is 2. The first-order chi connectivity index (χ1) is 14.0. The molecule has 4 rings (SSSR count). The fraction of sp³-hybridized carbons (Fsp3) is 0.348. The third kappa shape index (κ3) is 5.31. The van der Waals surface area contributed by atoms with Crippen molar-refractivity contribution < 1.29 is 13.2 Å². The van der Waals surface area contributed by atoms with Gasteiger partial charge in [0.25, 0.3) is 0 Å². The summed E-state index contributed by atoms with van der Waals surface area (Å²) in [6.45, 7) is 2.21. The van der Waals surface area contributed by atoms with Crippen molar-refractivity contribution in [1.29, 1.82) is 0 Å². The Morgan fingerprint density at radius 3 is 2.67 bits per heavy atom. The van der Waals surface area contributed by atoms with Crippen LogP contribution in [0, 0.1) is 0 Å². The van der Waals surface area contributed by atoms with Gasteiger partial charge in [-0.15, -0.1) is 12.4 Å². The van der Waals surface area contributed by atoms with Gasteiger partial charge in [0.1, 0.15) is 0 Å². The zero-order chi connectivity index (χ0) is 20.3. The molecular formula is C23H27ClN2O3S. The molecule has 5 nitrogen and oxygen atoms in total. The summed E-state index contributed by atoms with van der Waals surface area (Å²) in [6, 6.07) is 15.6. The smallest absolute Gasteiger partial charge is 0.247 e. The van der Waals surface area contributed by atoms with Gasteiger partial charge in [-0.25, -0.2) is 8.42 Å². The lowest BCUT2D eigenvalue weighted by Crippen LogP contribution is -2.39. The predicted molar refractivity (Wildman–Crippen MR) is 122 cm³/mol. The monoisotopic (exact) mass is 446 g/mol. The number of rotatable bonds is 5. The quantitative estimate of drug-likeness (QED) is 0.717. The van der Waals surface area contributed by atoms with E-state index in [1.165, 1.54) is 11.1 Å². The van der Waals surface area contributed by atoms with Crippen LogP contribution in [0.4, 0.5) is 0 Å². The molecule has 0 saturated carbocycles. The number of nitrogens with zero attached hydrogens (tertiary/aromatic N) is 1. The normalized spacial score (nSPS) is 19.8. The first kappa shape index (κ1) is 22.5. The first-order valence-electron chi connectivity index (χ1n) is 10.1. The van der Waals surface area contributed by atoms with Crippen LogP contribution < -0.4 is 5.32 Å². The average molecular weight is 447 g/mol. The van der Waals surface area contributed by atoms with Crippen molar-refractivity contribution in [2.75, 3.05) is 18.1 Å². The molecule has 2 aliphatic rings. The summed E-state index contributed by atoms with van der Waals surface area (Å²) in [5, 5.41) is 3.37. The van der Waals surface area contributed by atoms with E-state index in [1.807, 2.05) is 48.5 Å². The molecule has 0 aromatic heterocycles. The summed E-state index contributed by atoms with van der Waals surface area (Å²) < 4.78 is 24.0. The van der Waals surface area contributed by atoms with Crippen LogP contribution in [-0.2, 0) is 34.1 Å². The van der Waals surface area contributed by atoms with E-state index in [0.29, 0.717) is 13.0 Å². The van der Waals surface area contributed by atoms with Gasteiger partial charge < -0.3 is 10.2 Å². The van der Waals surface area contributed by atoms with Gasteiger partial charge in [-0.2, -0.15) is 0 Å². The Bertz CT molecular complexity index is 1020. The molecule has 0 aliphatic carbocycles. The van der Waals surface area contributed by atoms with Crippen molar-refractivity contribution in [2.24, 2.45) is 0 Å². The summed E-state index contributed by atoms with van der Waals surface area (Å²) in [5.74, 6) is 0.0628. The van der Waals surface area contributed by atoms with Gasteiger partial charge in [-0.1, -0.05) is 48.5 Å². The summed E-state index contributed by atoms with van der Waals surface area (Å²) in [7, 11) is -3.07. The second kappa shape index (κ2) is 9.77. The Morgan fingerprint density at radius 2 is 1.93 bits per heavy atom. The van der Waals surface area contributed by atoms with Crippen LogP contribution in [-0.4, -0.2) is 43.3 Å². The molecule has 2 aromatic carbocycles. The van der Waals surface area contributed by atoms with E-state index >= 15 is 0 Å². The van der Waals surface area contributed by atoms with Crippen LogP contribution in [0.15, 0.2) is 54.6 Å². The molecule has 0 spiro atoms. The number of carbonyl (C=O) groups excluding carboxylic acids is 1. The summed E-state index contributed by atoms with van der Waals surface area (Å²) in [4.78, 5) is 14.8. The van der Waals surface area contributed by atoms with E-state index in [9.17, 15) is 13.2 Å². The molecule has 2 aliphatic heterocycles. The lowest BCUT2D eigenvalue weighted by Gasteiger charge is -2.27. The SMILES string of the molecule is Cl.O=C(/C=C/c1cccc2c1CCNC2)N(Cc1ccccc1)C1CCS(=O)(=O)C1. The molecule has 2 aromatic rings. The molecule has 160 valence electrons. The summed E-state index contributed by atoms with van der Waals surface area (Å²) >= 11 is 0. The number of fused-ring (bicyclic) bond motifs is 1. The van der Waals surface area contributed by atoms with Crippen molar-refractivity contribution in [3.8, 4) is 0 Å². The molecular weight excluding hydrogens is 420 g/mol.